The smallest absolute Gasteiger partial charge is 0.253 e. The molecule has 0 aliphatic carbocycles. The lowest BCUT2D eigenvalue weighted by Gasteiger charge is -2.09. The predicted molar refractivity (Wildman–Crippen MR) is 78.1 cm³/mol. The van der Waals surface area contributed by atoms with Crippen molar-refractivity contribution in [3.05, 3.63) is 63.0 Å². The van der Waals surface area contributed by atoms with Crippen LogP contribution in [0.15, 0.2) is 51.9 Å². The second-order valence-corrected chi connectivity index (χ2v) is 5.04. The SMILES string of the molecule is Cc1cccn(CCNc2cccc(Br)c2)c1=O. The molecule has 0 saturated heterocycles. The van der Waals surface area contributed by atoms with E-state index in [9.17, 15) is 4.79 Å². The number of halogens is 1. The van der Waals surface area contributed by atoms with Gasteiger partial charge in [0.15, 0.2) is 0 Å². The number of nitrogens with zero attached hydrogens (tertiary/aromatic N) is 1. The van der Waals surface area contributed by atoms with E-state index in [1.807, 2.05) is 49.5 Å². The van der Waals surface area contributed by atoms with Crippen LogP contribution in [0.25, 0.3) is 0 Å². The van der Waals surface area contributed by atoms with Crippen LogP contribution in [-0.4, -0.2) is 11.1 Å². The molecule has 2 rings (SSSR count). The minimum atomic E-state index is 0.0774. The third-order valence-corrected chi connectivity index (χ3v) is 3.21. The van der Waals surface area contributed by atoms with Gasteiger partial charge in [-0.05, 0) is 31.2 Å². The molecule has 0 aliphatic rings. The Morgan fingerprint density at radius 3 is 2.89 bits per heavy atom. The number of aromatic nitrogens is 1. The Hall–Kier alpha value is -1.55. The summed E-state index contributed by atoms with van der Waals surface area (Å²) in [5, 5.41) is 3.29. The standard InChI is InChI=1S/C14H15BrN2O/c1-11-4-3-8-17(14(11)18)9-7-16-13-6-2-5-12(15)10-13/h2-6,8,10,16H,7,9H2,1H3. The van der Waals surface area contributed by atoms with Gasteiger partial charge < -0.3 is 9.88 Å². The van der Waals surface area contributed by atoms with E-state index in [0.29, 0.717) is 6.54 Å². The molecule has 4 heteroatoms. The van der Waals surface area contributed by atoms with Gasteiger partial charge >= 0.3 is 0 Å². The van der Waals surface area contributed by atoms with Crippen LogP contribution in [0.1, 0.15) is 5.56 Å². The highest BCUT2D eigenvalue weighted by atomic mass is 79.9. The number of pyridine rings is 1. The van der Waals surface area contributed by atoms with Crippen LogP contribution >= 0.6 is 15.9 Å². The average molecular weight is 307 g/mol. The Kier molecular flexibility index (Phi) is 4.20. The van der Waals surface area contributed by atoms with E-state index >= 15 is 0 Å². The van der Waals surface area contributed by atoms with Crippen molar-refractivity contribution in [2.75, 3.05) is 11.9 Å². The first-order valence-corrected chi connectivity index (χ1v) is 6.61. The van der Waals surface area contributed by atoms with Crippen molar-refractivity contribution >= 4 is 21.6 Å². The number of anilines is 1. The molecule has 18 heavy (non-hydrogen) atoms. The van der Waals surface area contributed by atoms with Gasteiger partial charge in [-0.3, -0.25) is 4.79 Å². The number of rotatable bonds is 4. The fourth-order valence-electron chi connectivity index (χ4n) is 1.75. The van der Waals surface area contributed by atoms with E-state index in [1.165, 1.54) is 0 Å². The minimum Gasteiger partial charge on any atom is -0.383 e. The summed E-state index contributed by atoms with van der Waals surface area (Å²) in [7, 11) is 0. The molecule has 1 aromatic heterocycles. The van der Waals surface area contributed by atoms with Crippen LogP contribution in [0.4, 0.5) is 5.69 Å². The largest absolute Gasteiger partial charge is 0.383 e. The molecule has 0 unspecified atom stereocenters. The van der Waals surface area contributed by atoms with Crippen molar-refractivity contribution < 1.29 is 0 Å². The van der Waals surface area contributed by atoms with Gasteiger partial charge in [0.2, 0.25) is 0 Å². The van der Waals surface area contributed by atoms with Gasteiger partial charge in [0.05, 0.1) is 0 Å². The molecule has 0 radical (unpaired) electrons. The van der Waals surface area contributed by atoms with Crippen LogP contribution in [0.3, 0.4) is 0 Å². The zero-order chi connectivity index (χ0) is 13.0. The van der Waals surface area contributed by atoms with Gasteiger partial charge in [0, 0.05) is 35.0 Å². The van der Waals surface area contributed by atoms with Crippen molar-refractivity contribution in [2.24, 2.45) is 0 Å². The molecule has 0 atom stereocenters. The molecule has 94 valence electrons. The zero-order valence-electron chi connectivity index (χ0n) is 10.2. The summed E-state index contributed by atoms with van der Waals surface area (Å²) >= 11 is 3.42. The normalized spacial score (nSPS) is 10.3. The lowest BCUT2D eigenvalue weighted by molar-refractivity contribution is 0.693. The lowest BCUT2D eigenvalue weighted by Crippen LogP contribution is -2.24. The quantitative estimate of drug-likeness (QED) is 0.942. The lowest BCUT2D eigenvalue weighted by atomic mass is 10.3. The summed E-state index contributed by atoms with van der Waals surface area (Å²) in [6, 6.07) is 11.7. The summed E-state index contributed by atoms with van der Waals surface area (Å²) in [4.78, 5) is 11.8. The first kappa shape index (κ1) is 12.9. The van der Waals surface area contributed by atoms with Gasteiger partial charge in [-0.15, -0.1) is 0 Å². The van der Waals surface area contributed by atoms with Gasteiger partial charge in [-0.2, -0.15) is 0 Å². The van der Waals surface area contributed by atoms with E-state index in [4.69, 9.17) is 0 Å². The molecule has 0 bridgehead atoms. The van der Waals surface area contributed by atoms with Crippen LogP contribution in [0.2, 0.25) is 0 Å². The zero-order valence-corrected chi connectivity index (χ0v) is 11.8. The van der Waals surface area contributed by atoms with Crippen LogP contribution in [0, 0.1) is 6.92 Å². The maximum atomic E-state index is 11.8. The Labute approximate surface area is 115 Å². The van der Waals surface area contributed by atoms with E-state index in [1.54, 1.807) is 4.57 Å². The highest BCUT2D eigenvalue weighted by molar-refractivity contribution is 9.10. The molecular formula is C14H15BrN2O. The van der Waals surface area contributed by atoms with Gasteiger partial charge in [0.25, 0.3) is 5.56 Å². The molecule has 3 nitrogen and oxygen atoms in total. The van der Waals surface area contributed by atoms with Crippen LogP contribution in [-0.2, 0) is 6.54 Å². The molecule has 1 heterocycles. The maximum absolute atomic E-state index is 11.8. The number of hydrogen-bond donors (Lipinski definition) is 1. The number of hydrogen-bond acceptors (Lipinski definition) is 2. The molecule has 0 spiro atoms. The van der Waals surface area contributed by atoms with Gasteiger partial charge in [-0.1, -0.05) is 28.1 Å². The Morgan fingerprint density at radius 2 is 2.11 bits per heavy atom. The summed E-state index contributed by atoms with van der Waals surface area (Å²) in [5.41, 5.74) is 1.90. The van der Waals surface area contributed by atoms with Crippen molar-refractivity contribution in [1.82, 2.24) is 4.57 Å². The van der Waals surface area contributed by atoms with E-state index < -0.39 is 0 Å². The van der Waals surface area contributed by atoms with Crippen molar-refractivity contribution in [1.29, 1.82) is 0 Å². The fraction of sp³-hybridized carbons (Fsp3) is 0.214. The third kappa shape index (κ3) is 3.23. The van der Waals surface area contributed by atoms with Gasteiger partial charge in [0.1, 0.15) is 0 Å². The number of nitrogens with one attached hydrogen (secondary N) is 1. The molecule has 0 fully saturated rings. The molecular weight excluding hydrogens is 292 g/mol. The Bertz CT molecular complexity index is 592. The van der Waals surface area contributed by atoms with E-state index in [-0.39, 0.29) is 5.56 Å². The number of aryl methyl sites for hydroxylation is 1. The molecule has 1 aromatic carbocycles. The molecule has 1 N–H and O–H groups in total. The predicted octanol–water partition coefficient (Wildman–Crippen LogP) is 3.03. The summed E-state index contributed by atoms with van der Waals surface area (Å²) in [6.45, 7) is 3.22. The second-order valence-electron chi connectivity index (χ2n) is 4.13. The topological polar surface area (TPSA) is 34.0 Å². The average Bonchev–Trinajstić information content (AvgIpc) is 2.35. The molecule has 0 saturated carbocycles. The number of benzene rings is 1. The Balaban J connectivity index is 1.97. The molecule has 0 aliphatic heterocycles. The van der Waals surface area contributed by atoms with Crippen molar-refractivity contribution in [2.45, 2.75) is 13.5 Å². The highest BCUT2D eigenvalue weighted by Crippen LogP contribution is 2.15. The molecule has 2 aromatic rings. The van der Waals surface area contributed by atoms with Gasteiger partial charge in [-0.25, -0.2) is 0 Å². The summed E-state index contributed by atoms with van der Waals surface area (Å²) in [5.74, 6) is 0. The second kappa shape index (κ2) is 5.87. The fourth-order valence-corrected chi connectivity index (χ4v) is 2.15. The molecule has 0 amide bonds. The summed E-state index contributed by atoms with van der Waals surface area (Å²) < 4.78 is 2.76. The Morgan fingerprint density at radius 1 is 1.28 bits per heavy atom. The van der Waals surface area contributed by atoms with Crippen molar-refractivity contribution in [3.63, 3.8) is 0 Å². The maximum Gasteiger partial charge on any atom is 0.253 e. The van der Waals surface area contributed by atoms with E-state index in [2.05, 4.69) is 21.2 Å². The van der Waals surface area contributed by atoms with E-state index in [0.717, 1.165) is 22.3 Å². The van der Waals surface area contributed by atoms with Crippen LogP contribution < -0.4 is 10.9 Å². The first-order chi connectivity index (χ1) is 8.66. The van der Waals surface area contributed by atoms with Crippen LogP contribution in [0.5, 0.6) is 0 Å². The highest BCUT2D eigenvalue weighted by Gasteiger charge is 1.98. The van der Waals surface area contributed by atoms with Crippen molar-refractivity contribution in [3.8, 4) is 0 Å². The summed E-state index contributed by atoms with van der Waals surface area (Å²) in [6.07, 6.45) is 1.82. The monoisotopic (exact) mass is 306 g/mol. The third-order valence-electron chi connectivity index (χ3n) is 2.72. The first-order valence-electron chi connectivity index (χ1n) is 5.82. The minimum absolute atomic E-state index is 0.0774.